The molecule has 1 aliphatic carbocycles. The second kappa shape index (κ2) is 10.7. The van der Waals surface area contributed by atoms with Crippen LogP contribution in [0.25, 0.3) is 31.6 Å². The Hall–Kier alpha value is -1.77. The molecule has 1 fully saturated rings. The number of para-hydroxylation sites is 1. The molecule has 0 bridgehead atoms. The van der Waals surface area contributed by atoms with Gasteiger partial charge in [0, 0.05) is 15.6 Å². The van der Waals surface area contributed by atoms with E-state index < -0.39 is 15.8 Å². The second-order valence-electron chi connectivity index (χ2n) is 9.12. The monoisotopic (exact) mass is 515 g/mol. The predicted molar refractivity (Wildman–Crippen MR) is 136 cm³/mol. The van der Waals surface area contributed by atoms with Crippen molar-refractivity contribution in [2.75, 3.05) is 5.75 Å². The predicted octanol–water partition coefficient (Wildman–Crippen LogP) is 2.08. The molecule has 2 aromatic carbocycles. The van der Waals surface area contributed by atoms with Crippen molar-refractivity contribution in [3.63, 3.8) is 0 Å². The number of aryl methyl sites for hydroxylation is 2. The third kappa shape index (κ3) is 5.35. The molecular weight excluding hydrogens is 489 g/mol. The van der Waals surface area contributed by atoms with E-state index in [0.717, 1.165) is 58.2 Å². The van der Waals surface area contributed by atoms with E-state index in [1.165, 1.54) is 0 Å². The first-order chi connectivity index (χ1) is 16.3. The van der Waals surface area contributed by atoms with E-state index in [4.69, 9.17) is 4.98 Å². The summed E-state index contributed by atoms with van der Waals surface area (Å²) in [6.45, 7) is 2.01. The maximum absolute atomic E-state index is 12.8. The van der Waals surface area contributed by atoms with Gasteiger partial charge in [0.25, 0.3) is 0 Å². The maximum Gasteiger partial charge on any atom is 1.00 e. The largest absolute Gasteiger partial charge is 1.00 e. The second-order valence-corrected chi connectivity index (χ2v) is 12.6. The number of rotatable bonds is 6. The van der Waals surface area contributed by atoms with Gasteiger partial charge in [-0.3, -0.25) is 0 Å². The van der Waals surface area contributed by atoms with E-state index in [0.29, 0.717) is 23.0 Å². The Labute approximate surface area is 231 Å². The topological polar surface area (TPSA) is 87.2 Å². The van der Waals surface area contributed by atoms with Crippen LogP contribution in [0.2, 0.25) is 0 Å². The Morgan fingerprint density at radius 2 is 1.80 bits per heavy atom. The van der Waals surface area contributed by atoms with Gasteiger partial charge in [-0.1, -0.05) is 43.5 Å². The minimum atomic E-state index is -3.09. The number of benzene rings is 2. The van der Waals surface area contributed by atoms with Crippen molar-refractivity contribution in [2.45, 2.75) is 50.7 Å². The van der Waals surface area contributed by atoms with Gasteiger partial charge in [-0.25, -0.2) is 13.4 Å². The summed E-state index contributed by atoms with van der Waals surface area (Å²) in [7, 11) is -3.09. The minimum Gasteiger partial charge on any atom is -0.545 e. The zero-order valence-electron chi connectivity index (χ0n) is 20.0. The van der Waals surface area contributed by atoms with Crippen molar-refractivity contribution in [3.05, 3.63) is 65.2 Å². The van der Waals surface area contributed by atoms with Crippen LogP contribution in [0.1, 0.15) is 53.6 Å². The number of carboxylic acid groups (broad SMARTS) is 1. The van der Waals surface area contributed by atoms with Crippen LogP contribution in [0.4, 0.5) is 0 Å². The Kier molecular flexibility index (Phi) is 8.03. The number of fused-ring (bicyclic) bond motifs is 2. The SMILES string of the molecule is Cc1c(-c2cc(C(=O)[O-])c3ccccc3n2)sc2ccc(CCS(=O)(=O)C3CCCCC3)cc12.[Na+]. The van der Waals surface area contributed by atoms with E-state index in [1.54, 1.807) is 35.6 Å². The normalized spacial score (nSPS) is 14.8. The number of carbonyl (C=O) groups excluding carboxylic acids is 1. The third-order valence-electron chi connectivity index (χ3n) is 6.90. The van der Waals surface area contributed by atoms with Gasteiger partial charge in [0.05, 0.1) is 33.1 Å². The molecule has 0 aliphatic heterocycles. The first-order valence-electron chi connectivity index (χ1n) is 11.7. The summed E-state index contributed by atoms with van der Waals surface area (Å²) in [5.74, 6) is -1.04. The van der Waals surface area contributed by atoms with Crippen molar-refractivity contribution < 1.29 is 47.9 Å². The average molecular weight is 516 g/mol. The number of hydrogen-bond acceptors (Lipinski definition) is 6. The smallest absolute Gasteiger partial charge is 0.545 e. The van der Waals surface area contributed by atoms with Gasteiger partial charge in [-0.15, -0.1) is 11.3 Å². The van der Waals surface area contributed by atoms with Crippen molar-refractivity contribution in [2.24, 2.45) is 0 Å². The van der Waals surface area contributed by atoms with Gasteiger partial charge in [-0.2, -0.15) is 0 Å². The summed E-state index contributed by atoms with van der Waals surface area (Å²) in [5.41, 5.74) is 3.37. The molecule has 1 aliphatic rings. The van der Waals surface area contributed by atoms with E-state index in [9.17, 15) is 18.3 Å². The number of pyridine rings is 1. The van der Waals surface area contributed by atoms with Crippen molar-refractivity contribution in [1.29, 1.82) is 0 Å². The van der Waals surface area contributed by atoms with Gasteiger partial charge in [-0.05, 0) is 67.0 Å². The van der Waals surface area contributed by atoms with E-state index in [-0.39, 0.29) is 46.1 Å². The molecule has 4 aromatic rings. The molecule has 0 unspecified atom stereocenters. The fourth-order valence-electron chi connectivity index (χ4n) is 4.98. The molecule has 5 nitrogen and oxygen atoms in total. The van der Waals surface area contributed by atoms with Crippen molar-refractivity contribution >= 4 is 48.1 Å². The number of carboxylic acids is 1. The van der Waals surface area contributed by atoms with Crippen LogP contribution in [0, 0.1) is 6.92 Å². The average Bonchev–Trinajstić information content (AvgIpc) is 3.18. The third-order valence-corrected chi connectivity index (χ3v) is 10.5. The molecule has 8 heteroatoms. The van der Waals surface area contributed by atoms with E-state index >= 15 is 0 Å². The Morgan fingerprint density at radius 1 is 1.06 bits per heavy atom. The summed E-state index contributed by atoms with van der Waals surface area (Å²) < 4.78 is 26.7. The molecule has 2 heterocycles. The Balaban J connectivity index is 0.00000289. The number of hydrogen-bond donors (Lipinski definition) is 0. The molecule has 0 amide bonds. The van der Waals surface area contributed by atoms with Gasteiger partial charge < -0.3 is 9.90 Å². The zero-order chi connectivity index (χ0) is 23.9. The van der Waals surface area contributed by atoms with Crippen LogP contribution in [0.5, 0.6) is 0 Å². The van der Waals surface area contributed by atoms with Crippen LogP contribution in [0.15, 0.2) is 48.5 Å². The fourth-order valence-corrected chi connectivity index (χ4v) is 8.03. The molecule has 0 N–H and O–H groups in total. The maximum atomic E-state index is 12.8. The molecule has 0 saturated heterocycles. The molecule has 0 spiro atoms. The molecule has 1 saturated carbocycles. The van der Waals surface area contributed by atoms with Crippen LogP contribution in [-0.4, -0.2) is 30.4 Å². The summed E-state index contributed by atoms with van der Waals surface area (Å²) in [6, 6.07) is 14.9. The zero-order valence-corrected chi connectivity index (χ0v) is 23.7. The number of carbonyl (C=O) groups is 1. The molecule has 5 rings (SSSR count). The van der Waals surface area contributed by atoms with Gasteiger partial charge in [0.15, 0.2) is 9.84 Å². The molecular formula is C27H26NNaO4S2. The summed E-state index contributed by atoms with van der Waals surface area (Å²) in [6.07, 6.45) is 5.24. The number of aromatic carboxylic acids is 1. The summed E-state index contributed by atoms with van der Waals surface area (Å²) in [4.78, 5) is 17.4. The van der Waals surface area contributed by atoms with Crippen molar-refractivity contribution in [1.82, 2.24) is 4.98 Å². The first kappa shape index (κ1) is 26.3. The quantitative estimate of drug-likeness (QED) is 0.367. The Bertz CT molecular complexity index is 1500. The Morgan fingerprint density at radius 3 is 2.54 bits per heavy atom. The number of thiophene rings is 1. The van der Waals surface area contributed by atoms with Gasteiger partial charge in [0.2, 0.25) is 0 Å². The van der Waals surface area contributed by atoms with Crippen molar-refractivity contribution in [3.8, 4) is 10.6 Å². The number of sulfone groups is 1. The van der Waals surface area contributed by atoms with Gasteiger partial charge >= 0.3 is 29.6 Å². The fraction of sp³-hybridized carbons (Fsp3) is 0.333. The van der Waals surface area contributed by atoms with Crippen LogP contribution < -0.4 is 34.7 Å². The van der Waals surface area contributed by atoms with Crippen LogP contribution in [-0.2, 0) is 16.3 Å². The van der Waals surface area contributed by atoms with Gasteiger partial charge in [0.1, 0.15) is 0 Å². The molecule has 35 heavy (non-hydrogen) atoms. The molecule has 0 atom stereocenters. The standard InChI is InChI=1S/C27H27NO4S2.Na/c1-17-21-15-18(13-14-34(31,32)19-7-3-2-4-8-19)11-12-25(21)33-26(17)24-16-22(27(29)30)20-9-5-6-10-23(20)28-24;/h5-6,9-12,15-16,19H,2-4,7-8,13-14H2,1H3,(H,29,30);/q;+1/p-1. The summed E-state index contributed by atoms with van der Waals surface area (Å²) >= 11 is 1.57. The molecule has 176 valence electrons. The minimum absolute atomic E-state index is 0. The van der Waals surface area contributed by atoms with E-state index in [2.05, 4.69) is 6.07 Å². The van der Waals surface area contributed by atoms with Crippen LogP contribution in [0.3, 0.4) is 0 Å². The molecule has 0 radical (unpaired) electrons. The van der Waals surface area contributed by atoms with E-state index in [1.807, 2.05) is 25.1 Å². The van der Waals surface area contributed by atoms with Crippen LogP contribution >= 0.6 is 11.3 Å². The summed E-state index contributed by atoms with van der Waals surface area (Å²) in [5, 5.41) is 13.2. The first-order valence-corrected chi connectivity index (χ1v) is 14.2. The molecule has 2 aromatic heterocycles. The number of nitrogens with zero attached hydrogens (tertiary/aromatic N) is 1. The number of aromatic nitrogens is 1.